The zero-order valence-electron chi connectivity index (χ0n) is 8.96. The fraction of sp³-hybridized carbons (Fsp3) is 0.417. The molecule has 1 N–H and O–H groups in total. The average molecular weight is 210 g/mol. The molecule has 0 heterocycles. The summed E-state index contributed by atoms with van der Waals surface area (Å²) >= 11 is 0. The van der Waals surface area contributed by atoms with Crippen molar-refractivity contribution in [1.82, 2.24) is 0 Å². The van der Waals surface area contributed by atoms with Gasteiger partial charge in [0.05, 0.1) is 0 Å². The molecule has 0 bridgehead atoms. The van der Waals surface area contributed by atoms with Gasteiger partial charge in [-0.1, -0.05) is 19.9 Å². The average Bonchev–Trinajstić information content (AvgIpc) is 2.13. The lowest BCUT2D eigenvalue weighted by Crippen LogP contribution is -1.99. The van der Waals surface area contributed by atoms with Gasteiger partial charge in [0.25, 0.3) is 0 Å². The van der Waals surface area contributed by atoms with Crippen molar-refractivity contribution >= 4 is 5.97 Å². The Morgan fingerprint density at radius 1 is 1.40 bits per heavy atom. The Balaban J connectivity index is 2.84. The molecule has 0 fully saturated rings. The third kappa shape index (κ3) is 3.70. The molecule has 1 aromatic carbocycles. The van der Waals surface area contributed by atoms with Crippen molar-refractivity contribution in [3.05, 3.63) is 35.1 Å². The summed E-state index contributed by atoms with van der Waals surface area (Å²) in [4.78, 5) is 10.4. The lowest BCUT2D eigenvalue weighted by molar-refractivity contribution is -0.136. The van der Waals surface area contributed by atoms with Crippen LogP contribution in [-0.2, 0) is 11.2 Å². The number of halogens is 1. The van der Waals surface area contributed by atoms with Crippen LogP contribution < -0.4 is 0 Å². The number of carbonyl (C=O) groups is 1. The predicted octanol–water partition coefficient (Wildman–Crippen LogP) is 2.97. The van der Waals surface area contributed by atoms with E-state index in [2.05, 4.69) is 0 Å². The lowest BCUT2D eigenvalue weighted by Gasteiger charge is -2.08. The zero-order chi connectivity index (χ0) is 11.4. The second-order valence-electron chi connectivity index (χ2n) is 3.94. The van der Waals surface area contributed by atoms with E-state index in [0.717, 1.165) is 11.1 Å². The van der Waals surface area contributed by atoms with Crippen LogP contribution in [0.4, 0.5) is 4.39 Å². The topological polar surface area (TPSA) is 37.3 Å². The van der Waals surface area contributed by atoms with Crippen LogP contribution in [0.3, 0.4) is 0 Å². The summed E-state index contributed by atoms with van der Waals surface area (Å²) < 4.78 is 13.2. The van der Waals surface area contributed by atoms with Crippen LogP contribution in [0.2, 0.25) is 0 Å². The third-order valence-corrected chi connectivity index (χ3v) is 2.27. The number of aliphatic carboxylic acids is 1. The number of hydrogen-bond donors (Lipinski definition) is 1. The minimum Gasteiger partial charge on any atom is -0.481 e. The van der Waals surface area contributed by atoms with Crippen molar-refractivity contribution in [1.29, 1.82) is 0 Å². The van der Waals surface area contributed by atoms with Crippen LogP contribution in [0.1, 0.15) is 37.3 Å². The Morgan fingerprint density at radius 3 is 2.60 bits per heavy atom. The predicted molar refractivity (Wildman–Crippen MR) is 56.4 cm³/mol. The molecule has 15 heavy (non-hydrogen) atoms. The van der Waals surface area contributed by atoms with E-state index < -0.39 is 5.97 Å². The summed E-state index contributed by atoms with van der Waals surface area (Å²) in [6.45, 7) is 3.96. The van der Waals surface area contributed by atoms with Crippen molar-refractivity contribution < 1.29 is 14.3 Å². The standard InChI is InChI=1S/C12H15FO2/c1-8(2)10-5-9(3-4-12(14)15)6-11(13)7-10/h5-8H,3-4H2,1-2H3,(H,14,15). The van der Waals surface area contributed by atoms with Gasteiger partial charge in [-0.3, -0.25) is 4.79 Å². The summed E-state index contributed by atoms with van der Waals surface area (Å²) in [6, 6.07) is 4.76. The normalized spacial score (nSPS) is 10.7. The monoisotopic (exact) mass is 210 g/mol. The maximum absolute atomic E-state index is 13.2. The molecule has 0 spiro atoms. The summed E-state index contributed by atoms with van der Waals surface area (Å²) in [5.74, 6) is -0.892. The number of benzene rings is 1. The molecule has 0 amide bonds. The quantitative estimate of drug-likeness (QED) is 0.829. The summed E-state index contributed by atoms with van der Waals surface area (Å²) in [5, 5.41) is 8.53. The smallest absolute Gasteiger partial charge is 0.303 e. The Labute approximate surface area is 88.7 Å². The highest BCUT2D eigenvalue weighted by molar-refractivity contribution is 5.67. The molecule has 0 saturated heterocycles. The number of rotatable bonds is 4. The largest absolute Gasteiger partial charge is 0.481 e. The minimum atomic E-state index is -0.856. The highest BCUT2D eigenvalue weighted by atomic mass is 19.1. The first-order valence-corrected chi connectivity index (χ1v) is 5.00. The Hall–Kier alpha value is -1.38. The molecule has 82 valence electrons. The highest BCUT2D eigenvalue weighted by Gasteiger charge is 2.05. The van der Waals surface area contributed by atoms with Gasteiger partial charge in [0, 0.05) is 6.42 Å². The molecule has 2 nitrogen and oxygen atoms in total. The molecule has 0 aromatic heterocycles. The van der Waals surface area contributed by atoms with Gasteiger partial charge in [-0.15, -0.1) is 0 Å². The van der Waals surface area contributed by atoms with E-state index in [9.17, 15) is 9.18 Å². The second-order valence-corrected chi connectivity index (χ2v) is 3.94. The maximum Gasteiger partial charge on any atom is 0.303 e. The first kappa shape index (κ1) is 11.7. The van der Waals surface area contributed by atoms with Gasteiger partial charge in [-0.25, -0.2) is 4.39 Å². The number of hydrogen-bond acceptors (Lipinski definition) is 1. The minimum absolute atomic E-state index is 0.0426. The van der Waals surface area contributed by atoms with E-state index >= 15 is 0 Å². The van der Waals surface area contributed by atoms with Gasteiger partial charge >= 0.3 is 5.97 Å². The van der Waals surface area contributed by atoms with Crippen LogP contribution in [0.5, 0.6) is 0 Å². The van der Waals surface area contributed by atoms with E-state index in [0.29, 0.717) is 6.42 Å². The fourth-order valence-electron chi connectivity index (χ4n) is 1.40. The molecule has 1 rings (SSSR count). The van der Waals surface area contributed by atoms with Crippen molar-refractivity contribution in [3.8, 4) is 0 Å². The van der Waals surface area contributed by atoms with E-state index in [1.807, 2.05) is 19.9 Å². The molecule has 0 aliphatic carbocycles. The Bertz CT molecular complexity index is 359. The first-order chi connectivity index (χ1) is 6.99. The van der Waals surface area contributed by atoms with Crippen LogP contribution in [-0.4, -0.2) is 11.1 Å². The van der Waals surface area contributed by atoms with Crippen molar-refractivity contribution in [2.24, 2.45) is 0 Å². The molecule has 0 radical (unpaired) electrons. The summed E-state index contributed by atoms with van der Waals surface area (Å²) in [7, 11) is 0. The molecule has 3 heteroatoms. The van der Waals surface area contributed by atoms with Crippen LogP contribution in [0, 0.1) is 5.82 Å². The molecule has 0 aliphatic rings. The fourth-order valence-corrected chi connectivity index (χ4v) is 1.40. The second kappa shape index (κ2) is 4.91. The van der Waals surface area contributed by atoms with Crippen molar-refractivity contribution in [2.75, 3.05) is 0 Å². The molecule has 0 saturated carbocycles. The lowest BCUT2D eigenvalue weighted by atomic mass is 9.99. The molecular weight excluding hydrogens is 195 g/mol. The van der Waals surface area contributed by atoms with E-state index in [1.54, 1.807) is 0 Å². The van der Waals surface area contributed by atoms with Crippen LogP contribution >= 0.6 is 0 Å². The SMILES string of the molecule is CC(C)c1cc(F)cc(CCC(=O)O)c1. The van der Waals surface area contributed by atoms with Crippen molar-refractivity contribution in [3.63, 3.8) is 0 Å². The Kier molecular flexibility index (Phi) is 3.83. The van der Waals surface area contributed by atoms with Crippen LogP contribution in [0.25, 0.3) is 0 Å². The van der Waals surface area contributed by atoms with Gasteiger partial charge in [-0.2, -0.15) is 0 Å². The number of aryl methyl sites for hydroxylation is 1. The third-order valence-electron chi connectivity index (χ3n) is 2.27. The zero-order valence-corrected chi connectivity index (χ0v) is 8.96. The van der Waals surface area contributed by atoms with Gasteiger partial charge < -0.3 is 5.11 Å². The molecular formula is C12H15FO2. The number of carboxylic acid groups (broad SMARTS) is 1. The van der Waals surface area contributed by atoms with E-state index in [1.165, 1.54) is 12.1 Å². The van der Waals surface area contributed by atoms with Gasteiger partial charge in [0.1, 0.15) is 5.82 Å². The van der Waals surface area contributed by atoms with Crippen LogP contribution in [0.15, 0.2) is 18.2 Å². The van der Waals surface area contributed by atoms with Gasteiger partial charge in [0.2, 0.25) is 0 Å². The van der Waals surface area contributed by atoms with E-state index in [4.69, 9.17) is 5.11 Å². The van der Waals surface area contributed by atoms with E-state index in [-0.39, 0.29) is 18.2 Å². The van der Waals surface area contributed by atoms with Gasteiger partial charge in [0.15, 0.2) is 0 Å². The summed E-state index contributed by atoms with van der Waals surface area (Å²) in [6.07, 6.45) is 0.424. The highest BCUT2D eigenvalue weighted by Crippen LogP contribution is 2.18. The van der Waals surface area contributed by atoms with Crippen molar-refractivity contribution in [2.45, 2.75) is 32.6 Å². The molecule has 0 atom stereocenters. The molecule has 1 aromatic rings. The molecule has 0 unspecified atom stereocenters. The maximum atomic E-state index is 13.2. The van der Waals surface area contributed by atoms with Gasteiger partial charge in [-0.05, 0) is 35.6 Å². The molecule has 0 aliphatic heterocycles. The first-order valence-electron chi connectivity index (χ1n) is 5.00. The Morgan fingerprint density at radius 2 is 2.07 bits per heavy atom. The summed E-state index contributed by atoms with van der Waals surface area (Å²) in [5.41, 5.74) is 1.66. The number of carboxylic acids is 1.